The Morgan fingerprint density at radius 3 is 2.75 bits per heavy atom. The van der Waals surface area contributed by atoms with Gasteiger partial charge in [-0.3, -0.25) is 4.99 Å². The maximum Gasteiger partial charge on any atom is 0.142 e. The van der Waals surface area contributed by atoms with E-state index in [1.165, 1.54) is 37.1 Å². The Balaban J connectivity index is 2.23. The Kier molecular flexibility index (Phi) is 3.88. The fourth-order valence-electron chi connectivity index (χ4n) is 2.24. The first-order valence-corrected chi connectivity index (χ1v) is 6.77. The van der Waals surface area contributed by atoms with Crippen LogP contribution >= 0.6 is 11.3 Å². The molecule has 86 valence electrons. The molecule has 2 nitrogen and oxygen atoms in total. The minimum atomic E-state index is 0.665. The first-order valence-electron chi connectivity index (χ1n) is 5.95. The normalized spacial score (nSPS) is 18.1. The van der Waals surface area contributed by atoms with Gasteiger partial charge in [-0.1, -0.05) is 36.7 Å². The van der Waals surface area contributed by atoms with Gasteiger partial charge < -0.3 is 0 Å². The number of aromatic nitrogens is 1. The highest BCUT2D eigenvalue weighted by Gasteiger charge is 2.20. The molecule has 0 spiro atoms. The van der Waals surface area contributed by atoms with Gasteiger partial charge in [0.15, 0.2) is 0 Å². The van der Waals surface area contributed by atoms with Crippen molar-refractivity contribution in [1.82, 2.24) is 4.98 Å². The molecule has 0 N–H and O–H groups in total. The third kappa shape index (κ3) is 2.40. The van der Waals surface area contributed by atoms with E-state index in [4.69, 9.17) is 4.98 Å². The second kappa shape index (κ2) is 5.39. The van der Waals surface area contributed by atoms with E-state index in [0.29, 0.717) is 5.92 Å². The summed E-state index contributed by atoms with van der Waals surface area (Å²) < 4.78 is 0. The quantitative estimate of drug-likeness (QED) is 0.704. The summed E-state index contributed by atoms with van der Waals surface area (Å²) in [5.74, 6) is 0.665. The zero-order valence-electron chi connectivity index (χ0n) is 9.78. The van der Waals surface area contributed by atoms with E-state index in [-0.39, 0.29) is 0 Å². The largest absolute Gasteiger partial charge is 0.251 e. The number of hydrogen-bond acceptors (Lipinski definition) is 3. The lowest BCUT2D eigenvalue weighted by atomic mass is 9.90. The van der Waals surface area contributed by atoms with Crippen molar-refractivity contribution < 1.29 is 0 Å². The fraction of sp³-hybridized carbons (Fsp3) is 0.538. The average molecular weight is 234 g/mol. The molecule has 1 aliphatic carbocycles. The Hall–Kier alpha value is -0.960. The van der Waals surface area contributed by atoms with Gasteiger partial charge in [0.05, 0.1) is 10.7 Å². The summed E-state index contributed by atoms with van der Waals surface area (Å²) in [7, 11) is 0. The van der Waals surface area contributed by atoms with Crippen molar-refractivity contribution in [1.29, 1.82) is 0 Å². The summed E-state index contributed by atoms with van der Waals surface area (Å²) in [6.07, 6.45) is 10.7. The van der Waals surface area contributed by atoms with Crippen LogP contribution in [0.4, 0.5) is 5.00 Å². The van der Waals surface area contributed by atoms with Crippen LogP contribution in [0, 0.1) is 0 Å². The van der Waals surface area contributed by atoms with Gasteiger partial charge in [-0.2, -0.15) is 0 Å². The minimum absolute atomic E-state index is 0.665. The van der Waals surface area contributed by atoms with Gasteiger partial charge in [0.2, 0.25) is 0 Å². The standard InChI is InChI=1S/C13H18N2S/c1-3-7-11-13(14-2)16-12(15-11)10-8-5-4-6-9-10/h3,7,10H,2,4-6,8-9H2,1H3/b7-3-. The van der Waals surface area contributed by atoms with E-state index in [9.17, 15) is 0 Å². The van der Waals surface area contributed by atoms with Crippen LogP contribution in [0.3, 0.4) is 0 Å². The van der Waals surface area contributed by atoms with Crippen LogP contribution in [0.1, 0.15) is 55.6 Å². The summed E-state index contributed by atoms with van der Waals surface area (Å²) in [5, 5.41) is 2.23. The van der Waals surface area contributed by atoms with E-state index in [1.807, 2.05) is 19.1 Å². The molecule has 0 bridgehead atoms. The summed E-state index contributed by atoms with van der Waals surface area (Å²) in [4.78, 5) is 8.75. The number of rotatable bonds is 3. The highest BCUT2D eigenvalue weighted by atomic mass is 32.1. The second-order valence-corrected chi connectivity index (χ2v) is 5.24. The molecular formula is C13H18N2S. The Morgan fingerprint density at radius 2 is 2.12 bits per heavy atom. The van der Waals surface area contributed by atoms with Crippen LogP contribution in [0.2, 0.25) is 0 Å². The van der Waals surface area contributed by atoms with Crippen LogP contribution < -0.4 is 0 Å². The van der Waals surface area contributed by atoms with Crippen molar-refractivity contribution in [2.45, 2.75) is 44.9 Å². The highest BCUT2D eigenvalue weighted by Crippen LogP contribution is 2.39. The molecule has 0 radical (unpaired) electrons. The second-order valence-electron chi connectivity index (χ2n) is 4.24. The molecule has 16 heavy (non-hydrogen) atoms. The molecule has 0 aromatic carbocycles. The van der Waals surface area contributed by atoms with Gasteiger partial charge in [0.1, 0.15) is 5.00 Å². The lowest BCUT2D eigenvalue weighted by Gasteiger charge is -2.18. The van der Waals surface area contributed by atoms with Crippen LogP contribution in [0.5, 0.6) is 0 Å². The smallest absolute Gasteiger partial charge is 0.142 e. The molecule has 1 saturated carbocycles. The Morgan fingerprint density at radius 1 is 1.38 bits per heavy atom. The maximum atomic E-state index is 4.69. The van der Waals surface area contributed by atoms with Gasteiger partial charge in [-0.25, -0.2) is 4.98 Å². The van der Waals surface area contributed by atoms with E-state index in [1.54, 1.807) is 11.3 Å². The van der Waals surface area contributed by atoms with Crippen LogP contribution in [0.15, 0.2) is 11.1 Å². The molecule has 0 unspecified atom stereocenters. The topological polar surface area (TPSA) is 25.2 Å². The van der Waals surface area contributed by atoms with Crippen molar-refractivity contribution in [2.75, 3.05) is 0 Å². The molecule has 3 heteroatoms. The minimum Gasteiger partial charge on any atom is -0.251 e. The number of thiazole rings is 1. The first-order chi connectivity index (χ1) is 7.85. The SMILES string of the molecule is C=Nc1sc(C2CCCCC2)nc1/C=C\C. The monoisotopic (exact) mass is 234 g/mol. The van der Waals surface area contributed by atoms with Crippen LogP contribution in [-0.2, 0) is 0 Å². The van der Waals surface area contributed by atoms with E-state index >= 15 is 0 Å². The number of allylic oxidation sites excluding steroid dienone is 1. The fourth-order valence-corrected chi connectivity index (χ4v) is 3.27. The maximum absolute atomic E-state index is 4.69. The van der Waals surface area contributed by atoms with Crippen molar-refractivity contribution >= 4 is 29.1 Å². The van der Waals surface area contributed by atoms with Gasteiger partial charge in [0, 0.05) is 5.92 Å². The van der Waals surface area contributed by atoms with E-state index < -0.39 is 0 Å². The van der Waals surface area contributed by atoms with Gasteiger partial charge >= 0.3 is 0 Å². The van der Waals surface area contributed by atoms with E-state index in [0.717, 1.165) is 10.7 Å². The zero-order valence-corrected chi connectivity index (χ0v) is 10.6. The predicted octanol–water partition coefficient (Wildman–Crippen LogP) is 4.56. The van der Waals surface area contributed by atoms with Gasteiger partial charge in [-0.05, 0) is 32.6 Å². The summed E-state index contributed by atoms with van der Waals surface area (Å²) in [6.45, 7) is 5.63. The summed E-state index contributed by atoms with van der Waals surface area (Å²) in [5.41, 5.74) is 0.989. The average Bonchev–Trinajstić information content (AvgIpc) is 2.74. The van der Waals surface area contributed by atoms with Crippen LogP contribution in [0.25, 0.3) is 6.08 Å². The number of hydrogen-bond donors (Lipinski definition) is 0. The summed E-state index contributed by atoms with van der Waals surface area (Å²) >= 11 is 1.71. The molecular weight excluding hydrogens is 216 g/mol. The highest BCUT2D eigenvalue weighted by molar-refractivity contribution is 7.15. The molecule has 1 heterocycles. The molecule has 1 aromatic heterocycles. The van der Waals surface area contributed by atoms with Gasteiger partial charge in [0.25, 0.3) is 0 Å². The summed E-state index contributed by atoms with van der Waals surface area (Å²) in [6, 6.07) is 0. The third-order valence-electron chi connectivity index (χ3n) is 3.07. The van der Waals surface area contributed by atoms with Crippen molar-refractivity contribution in [2.24, 2.45) is 4.99 Å². The molecule has 1 aliphatic rings. The molecule has 0 saturated heterocycles. The van der Waals surface area contributed by atoms with Crippen molar-refractivity contribution in [3.8, 4) is 0 Å². The molecule has 1 fully saturated rings. The number of nitrogens with zero attached hydrogens (tertiary/aromatic N) is 2. The lowest BCUT2D eigenvalue weighted by Crippen LogP contribution is -2.03. The molecule has 0 amide bonds. The number of aliphatic imine (C=N–C) groups is 1. The molecule has 1 aromatic rings. The van der Waals surface area contributed by atoms with E-state index in [2.05, 4.69) is 11.7 Å². The molecule has 0 atom stereocenters. The predicted molar refractivity (Wildman–Crippen MR) is 71.9 cm³/mol. The Bertz CT molecular complexity index is 387. The van der Waals surface area contributed by atoms with Crippen molar-refractivity contribution in [3.05, 3.63) is 16.8 Å². The zero-order chi connectivity index (χ0) is 11.4. The molecule has 0 aliphatic heterocycles. The third-order valence-corrected chi connectivity index (χ3v) is 4.24. The Labute approximate surface area is 101 Å². The van der Waals surface area contributed by atoms with Crippen LogP contribution in [-0.4, -0.2) is 11.7 Å². The van der Waals surface area contributed by atoms with Crippen molar-refractivity contribution in [3.63, 3.8) is 0 Å². The molecule has 2 rings (SSSR count). The first kappa shape index (κ1) is 11.5. The van der Waals surface area contributed by atoms with Gasteiger partial charge in [-0.15, -0.1) is 0 Å². The lowest BCUT2D eigenvalue weighted by molar-refractivity contribution is 0.442.